The van der Waals surface area contributed by atoms with Gasteiger partial charge in [-0.1, -0.05) is 31.2 Å². The number of para-hydroxylation sites is 1. The first kappa shape index (κ1) is 17.5. The molecule has 8 heteroatoms. The lowest BCUT2D eigenvalue weighted by Gasteiger charge is -2.02. The van der Waals surface area contributed by atoms with Gasteiger partial charge in [0.05, 0.1) is 18.1 Å². The average molecular weight is 353 g/mol. The van der Waals surface area contributed by atoms with Gasteiger partial charge < -0.3 is 10.3 Å². The molecule has 1 aromatic carbocycles. The van der Waals surface area contributed by atoms with Crippen LogP contribution >= 0.6 is 0 Å². The predicted octanol–water partition coefficient (Wildman–Crippen LogP) is 3.12. The fourth-order valence-electron chi connectivity index (χ4n) is 2.77. The van der Waals surface area contributed by atoms with Crippen molar-refractivity contribution in [1.29, 1.82) is 0 Å². The zero-order valence-electron chi connectivity index (χ0n) is 14.9. The molecule has 3 heterocycles. The number of rotatable bonds is 3. The molecule has 0 spiro atoms. The molecule has 0 aliphatic carbocycles. The molecule has 0 fully saturated rings. The molecule has 0 aliphatic rings. The summed E-state index contributed by atoms with van der Waals surface area (Å²) in [5.41, 5.74) is 8.69. The molecule has 7 nitrogen and oxygen atoms in total. The molecule has 0 saturated heterocycles. The molecule has 0 atom stereocenters. The van der Waals surface area contributed by atoms with Crippen molar-refractivity contribution in [2.24, 2.45) is 0 Å². The zero-order chi connectivity index (χ0) is 18.7. The van der Waals surface area contributed by atoms with Gasteiger partial charge in [0.1, 0.15) is 35.0 Å². The van der Waals surface area contributed by atoms with Gasteiger partial charge in [-0.2, -0.15) is 0 Å². The summed E-state index contributed by atoms with van der Waals surface area (Å²) < 4.78 is 17.2. The fourth-order valence-corrected chi connectivity index (χ4v) is 2.77. The third-order valence-corrected chi connectivity index (χ3v) is 3.84. The Labute approximate surface area is 150 Å². The van der Waals surface area contributed by atoms with Crippen LogP contribution in [0.4, 0.5) is 10.2 Å². The summed E-state index contributed by atoms with van der Waals surface area (Å²) in [6.45, 7) is 6.41. The van der Waals surface area contributed by atoms with Gasteiger partial charge in [-0.15, -0.1) is 5.10 Å². The second-order valence-electron chi connectivity index (χ2n) is 5.50. The van der Waals surface area contributed by atoms with E-state index in [-0.39, 0.29) is 5.82 Å². The van der Waals surface area contributed by atoms with Gasteiger partial charge in [-0.05, 0) is 24.6 Å². The van der Waals surface area contributed by atoms with Crippen molar-refractivity contribution in [3.63, 3.8) is 0 Å². The third-order valence-electron chi connectivity index (χ3n) is 3.84. The van der Waals surface area contributed by atoms with Crippen LogP contribution in [0.5, 0.6) is 0 Å². The Kier molecular flexibility index (Phi) is 4.92. The number of nitrogens with zero attached hydrogens (tertiary/aromatic N) is 6. The highest BCUT2D eigenvalue weighted by Crippen LogP contribution is 2.23. The van der Waals surface area contributed by atoms with Gasteiger partial charge in [0.15, 0.2) is 0 Å². The molecule has 4 aromatic rings. The maximum Gasteiger partial charge on any atom is 0.148 e. The number of aryl methyl sites for hydroxylation is 1. The van der Waals surface area contributed by atoms with E-state index in [9.17, 15) is 4.39 Å². The lowest BCUT2D eigenvalue weighted by atomic mass is 10.2. The summed E-state index contributed by atoms with van der Waals surface area (Å²) in [4.78, 5) is 8.32. The standard InChI is InChI=1S/C16H14FN7.C2H6/c1-10-6-23(16-14(10)15(18)19-9-20-16)7-11-8-24(22-21-11)13-5-3-2-4-12(13)17;1-2/h2-6,8-9H,7H2,1H3,(H2,18,19,20);1-2H3. The van der Waals surface area contributed by atoms with Crippen molar-refractivity contribution >= 4 is 16.9 Å². The third kappa shape index (κ3) is 3.13. The van der Waals surface area contributed by atoms with Crippen molar-refractivity contribution in [2.75, 3.05) is 5.73 Å². The minimum absolute atomic E-state index is 0.350. The van der Waals surface area contributed by atoms with E-state index in [2.05, 4.69) is 20.3 Å². The highest BCUT2D eigenvalue weighted by molar-refractivity contribution is 5.89. The number of nitrogen functional groups attached to an aromatic ring is 1. The van der Waals surface area contributed by atoms with E-state index >= 15 is 0 Å². The number of aromatic nitrogens is 6. The molecule has 0 aliphatic heterocycles. The second-order valence-corrected chi connectivity index (χ2v) is 5.50. The maximum atomic E-state index is 13.8. The quantitative estimate of drug-likeness (QED) is 0.611. The molecule has 0 radical (unpaired) electrons. The lowest BCUT2D eigenvalue weighted by molar-refractivity contribution is 0.607. The van der Waals surface area contributed by atoms with Crippen molar-refractivity contribution in [3.05, 3.63) is 60.1 Å². The van der Waals surface area contributed by atoms with Crippen molar-refractivity contribution in [3.8, 4) is 5.69 Å². The van der Waals surface area contributed by atoms with E-state index in [1.807, 2.05) is 31.5 Å². The Balaban J connectivity index is 0.000000948. The largest absolute Gasteiger partial charge is 0.383 e. The van der Waals surface area contributed by atoms with Crippen LogP contribution < -0.4 is 5.73 Å². The number of benzene rings is 1. The molecule has 134 valence electrons. The molecule has 26 heavy (non-hydrogen) atoms. The van der Waals surface area contributed by atoms with Crippen molar-refractivity contribution in [2.45, 2.75) is 27.3 Å². The number of fused-ring (bicyclic) bond motifs is 1. The molecule has 3 aromatic heterocycles. The van der Waals surface area contributed by atoms with Gasteiger partial charge in [0.25, 0.3) is 0 Å². The smallest absolute Gasteiger partial charge is 0.148 e. The van der Waals surface area contributed by atoms with Crippen LogP contribution in [0.1, 0.15) is 25.1 Å². The van der Waals surface area contributed by atoms with Crippen LogP contribution in [0.15, 0.2) is 43.0 Å². The predicted molar refractivity (Wildman–Crippen MR) is 98.4 cm³/mol. The summed E-state index contributed by atoms with van der Waals surface area (Å²) in [6, 6.07) is 6.42. The Morgan fingerprint density at radius 1 is 1.12 bits per heavy atom. The highest BCUT2D eigenvalue weighted by Gasteiger charge is 2.13. The molecule has 2 N–H and O–H groups in total. The van der Waals surface area contributed by atoms with Gasteiger partial charge >= 0.3 is 0 Å². The summed E-state index contributed by atoms with van der Waals surface area (Å²) in [5.74, 6) is 0.1000. The fraction of sp³-hybridized carbons (Fsp3) is 0.222. The summed E-state index contributed by atoms with van der Waals surface area (Å²) >= 11 is 0. The van der Waals surface area contributed by atoms with Gasteiger partial charge in [-0.25, -0.2) is 19.0 Å². The van der Waals surface area contributed by atoms with E-state index in [4.69, 9.17) is 5.73 Å². The molecule has 4 rings (SSSR count). The first-order valence-electron chi connectivity index (χ1n) is 8.35. The zero-order valence-corrected chi connectivity index (χ0v) is 14.9. The van der Waals surface area contributed by atoms with Gasteiger partial charge in [0.2, 0.25) is 0 Å². The Morgan fingerprint density at radius 3 is 2.65 bits per heavy atom. The molecule has 0 amide bonds. The normalized spacial score (nSPS) is 10.6. The van der Waals surface area contributed by atoms with E-state index in [1.165, 1.54) is 17.1 Å². The Bertz CT molecular complexity index is 1040. The number of anilines is 1. The van der Waals surface area contributed by atoms with E-state index < -0.39 is 0 Å². The number of nitrogens with two attached hydrogens (primary N) is 1. The summed E-state index contributed by atoms with van der Waals surface area (Å²) in [6.07, 6.45) is 5.08. The van der Waals surface area contributed by atoms with Crippen LogP contribution in [0.2, 0.25) is 0 Å². The van der Waals surface area contributed by atoms with E-state index in [1.54, 1.807) is 24.4 Å². The van der Waals surface area contributed by atoms with Crippen LogP contribution in [-0.4, -0.2) is 29.5 Å². The first-order chi connectivity index (χ1) is 12.6. The van der Waals surface area contributed by atoms with Crippen LogP contribution in [0.25, 0.3) is 16.7 Å². The topological polar surface area (TPSA) is 87.4 Å². The average Bonchev–Trinajstić information content (AvgIpc) is 3.23. The van der Waals surface area contributed by atoms with Gasteiger partial charge in [0, 0.05) is 6.20 Å². The van der Waals surface area contributed by atoms with E-state index in [0.29, 0.717) is 23.7 Å². The second kappa shape index (κ2) is 7.30. The Morgan fingerprint density at radius 2 is 1.88 bits per heavy atom. The molecule has 0 unspecified atom stereocenters. The first-order valence-corrected chi connectivity index (χ1v) is 8.35. The molecular formula is C18H20FN7. The number of halogens is 1. The Hall–Kier alpha value is -3.29. The van der Waals surface area contributed by atoms with Crippen LogP contribution in [-0.2, 0) is 6.54 Å². The van der Waals surface area contributed by atoms with Crippen LogP contribution in [0.3, 0.4) is 0 Å². The lowest BCUT2D eigenvalue weighted by Crippen LogP contribution is -2.01. The molecular weight excluding hydrogens is 333 g/mol. The monoisotopic (exact) mass is 353 g/mol. The van der Waals surface area contributed by atoms with Gasteiger partial charge in [-0.3, -0.25) is 0 Å². The van der Waals surface area contributed by atoms with E-state index in [0.717, 1.165) is 16.6 Å². The van der Waals surface area contributed by atoms with Crippen LogP contribution in [0, 0.1) is 12.7 Å². The highest BCUT2D eigenvalue weighted by atomic mass is 19.1. The maximum absolute atomic E-state index is 13.8. The minimum atomic E-state index is -0.350. The molecule has 0 bridgehead atoms. The SMILES string of the molecule is CC.Cc1cn(Cc2cn(-c3ccccc3F)nn2)c2ncnc(N)c12. The van der Waals surface area contributed by atoms with Crippen molar-refractivity contribution in [1.82, 2.24) is 29.5 Å². The number of hydrogen-bond donors (Lipinski definition) is 1. The molecule has 0 saturated carbocycles. The number of hydrogen-bond acceptors (Lipinski definition) is 5. The van der Waals surface area contributed by atoms with Crippen molar-refractivity contribution < 1.29 is 4.39 Å². The summed E-state index contributed by atoms with van der Waals surface area (Å²) in [5, 5.41) is 8.95. The minimum Gasteiger partial charge on any atom is -0.383 e. The summed E-state index contributed by atoms with van der Waals surface area (Å²) in [7, 11) is 0.